The van der Waals surface area contributed by atoms with Crippen LogP contribution < -0.4 is 5.32 Å². The van der Waals surface area contributed by atoms with Crippen molar-refractivity contribution in [3.05, 3.63) is 35.9 Å². The maximum atomic E-state index is 6.14. The Hall–Kier alpha value is -1.72. The molecule has 0 amide bonds. The minimum absolute atomic E-state index is 0.401. The molecule has 0 radical (unpaired) electrons. The van der Waals surface area contributed by atoms with Gasteiger partial charge in [-0.3, -0.25) is 4.98 Å². The van der Waals surface area contributed by atoms with Gasteiger partial charge in [-0.15, -0.1) is 0 Å². The molecule has 0 bridgehead atoms. The molecule has 0 unspecified atom stereocenters. The summed E-state index contributed by atoms with van der Waals surface area (Å²) in [6.45, 7) is 2.58. The van der Waals surface area contributed by atoms with E-state index in [2.05, 4.69) is 20.3 Å². The molecule has 1 fully saturated rings. The minimum atomic E-state index is 0.401. The van der Waals surface area contributed by atoms with E-state index in [0.29, 0.717) is 16.8 Å². The number of hydrogen-bond acceptors (Lipinski definition) is 5. The number of rotatable bonds is 4. The fourth-order valence-corrected chi connectivity index (χ4v) is 2.55. The van der Waals surface area contributed by atoms with E-state index in [1.54, 1.807) is 18.6 Å². The SMILES string of the molecule is Clc1ncc(NCC2CCOCC2)nc1-c1ccncc1. The number of nitrogens with zero attached hydrogens (tertiary/aromatic N) is 3. The zero-order chi connectivity index (χ0) is 14.5. The van der Waals surface area contributed by atoms with Gasteiger partial charge in [0.1, 0.15) is 11.5 Å². The van der Waals surface area contributed by atoms with Gasteiger partial charge in [-0.25, -0.2) is 9.97 Å². The molecule has 0 aliphatic carbocycles. The molecule has 1 aliphatic heterocycles. The van der Waals surface area contributed by atoms with Gasteiger partial charge in [0, 0.05) is 37.7 Å². The van der Waals surface area contributed by atoms with E-state index >= 15 is 0 Å². The predicted molar refractivity (Wildman–Crippen MR) is 82.3 cm³/mol. The number of halogens is 1. The van der Waals surface area contributed by atoms with Crippen molar-refractivity contribution in [1.82, 2.24) is 15.0 Å². The van der Waals surface area contributed by atoms with Crippen molar-refractivity contribution in [2.45, 2.75) is 12.8 Å². The first-order valence-corrected chi connectivity index (χ1v) is 7.45. The summed E-state index contributed by atoms with van der Waals surface area (Å²) < 4.78 is 5.37. The van der Waals surface area contributed by atoms with Crippen molar-refractivity contribution in [2.75, 3.05) is 25.1 Å². The summed E-state index contributed by atoms with van der Waals surface area (Å²) in [5.41, 5.74) is 1.59. The lowest BCUT2D eigenvalue weighted by molar-refractivity contribution is 0.0699. The Morgan fingerprint density at radius 1 is 1.24 bits per heavy atom. The normalized spacial score (nSPS) is 15.9. The van der Waals surface area contributed by atoms with Gasteiger partial charge in [0.05, 0.1) is 6.20 Å². The fourth-order valence-electron chi connectivity index (χ4n) is 2.35. The second-order valence-electron chi connectivity index (χ2n) is 5.07. The van der Waals surface area contributed by atoms with Gasteiger partial charge in [-0.05, 0) is 30.9 Å². The first-order chi connectivity index (χ1) is 10.3. The molecule has 1 saturated heterocycles. The molecular weight excluding hydrogens is 288 g/mol. The summed E-state index contributed by atoms with van der Waals surface area (Å²) in [5, 5.41) is 3.75. The lowest BCUT2D eigenvalue weighted by Crippen LogP contribution is -2.23. The number of aromatic nitrogens is 3. The van der Waals surface area contributed by atoms with E-state index in [0.717, 1.165) is 44.0 Å². The van der Waals surface area contributed by atoms with E-state index in [4.69, 9.17) is 16.3 Å². The van der Waals surface area contributed by atoms with E-state index in [1.807, 2.05) is 12.1 Å². The second kappa shape index (κ2) is 6.83. The molecule has 3 rings (SSSR count). The lowest BCUT2D eigenvalue weighted by atomic mass is 10.0. The molecule has 0 spiro atoms. The van der Waals surface area contributed by atoms with Crippen LogP contribution in [-0.2, 0) is 4.74 Å². The van der Waals surface area contributed by atoms with Gasteiger partial charge in [0.25, 0.3) is 0 Å². The number of pyridine rings is 1. The Morgan fingerprint density at radius 2 is 2.00 bits per heavy atom. The summed E-state index contributed by atoms with van der Waals surface area (Å²) in [6.07, 6.45) is 7.29. The van der Waals surface area contributed by atoms with Crippen molar-refractivity contribution in [3.8, 4) is 11.3 Å². The highest BCUT2D eigenvalue weighted by molar-refractivity contribution is 6.31. The first-order valence-electron chi connectivity index (χ1n) is 7.07. The highest BCUT2D eigenvalue weighted by Gasteiger charge is 2.14. The van der Waals surface area contributed by atoms with Crippen molar-refractivity contribution in [2.24, 2.45) is 5.92 Å². The molecule has 2 aromatic heterocycles. The molecule has 3 heterocycles. The number of anilines is 1. The van der Waals surface area contributed by atoms with Crippen LogP contribution in [0.25, 0.3) is 11.3 Å². The van der Waals surface area contributed by atoms with E-state index in [-0.39, 0.29) is 0 Å². The highest BCUT2D eigenvalue weighted by Crippen LogP contribution is 2.25. The molecular formula is C15H17ClN4O. The monoisotopic (exact) mass is 304 g/mol. The number of hydrogen-bond donors (Lipinski definition) is 1. The van der Waals surface area contributed by atoms with Crippen LogP contribution in [0.5, 0.6) is 0 Å². The summed E-state index contributed by atoms with van der Waals surface area (Å²) in [6, 6.07) is 3.75. The smallest absolute Gasteiger partial charge is 0.155 e. The molecule has 2 aromatic rings. The van der Waals surface area contributed by atoms with Gasteiger partial charge in [-0.1, -0.05) is 11.6 Å². The molecule has 0 aromatic carbocycles. The van der Waals surface area contributed by atoms with Gasteiger partial charge < -0.3 is 10.1 Å². The fraction of sp³-hybridized carbons (Fsp3) is 0.400. The standard InChI is InChI=1S/C15H17ClN4O/c16-15-14(12-1-5-17-6-2-12)20-13(10-19-15)18-9-11-3-7-21-8-4-11/h1-2,5-6,10-11H,3-4,7-9H2,(H,18,20). The van der Waals surface area contributed by atoms with Crippen LogP contribution in [0.3, 0.4) is 0 Å². The van der Waals surface area contributed by atoms with Crippen molar-refractivity contribution in [3.63, 3.8) is 0 Å². The average Bonchev–Trinajstić information content (AvgIpc) is 2.56. The van der Waals surface area contributed by atoms with Gasteiger partial charge >= 0.3 is 0 Å². The molecule has 0 saturated carbocycles. The minimum Gasteiger partial charge on any atom is -0.381 e. The molecule has 110 valence electrons. The van der Waals surface area contributed by atoms with Crippen LogP contribution in [0.4, 0.5) is 5.82 Å². The molecule has 21 heavy (non-hydrogen) atoms. The maximum Gasteiger partial charge on any atom is 0.155 e. The third-order valence-corrected chi connectivity index (χ3v) is 3.87. The largest absolute Gasteiger partial charge is 0.381 e. The van der Waals surface area contributed by atoms with Crippen LogP contribution in [-0.4, -0.2) is 34.7 Å². The van der Waals surface area contributed by atoms with Crippen LogP contribution in [0.15, 0.2) is 30.7 Å². The topological polar surface area (TPSA) is 59.9 Å². The number of ether oxygens (including phenoxy) is 1. The maximum absolute atomic E-state index is 6.14. The van der Waals surface area contributed by atoms with Gasteiger partial charge in [0.2, 0.25) is 0 Å². The van der Waals surface area contributed by atoms with E-state index in [9.17, 15) is 0 Å². The van der Waals surface area contributed by atoms with Gasteiger partial charge in [0.15, 0.2) is 5.15 Å². The van der Waals surface area contributed by atoms with Crippen molar-refractivity contribution in [1.29, 1.82) is 0 Å². The molecule has 0 atom stereocenters. The Bertz CT molecular complexity index is 587. The van der Waals surface area contributed by atoms with Crippen molar-refractivity contribution >= 4 is 17.4 Å². The summed E-state index contributed by atoms with van der Waals surface area (Å²) >= 11 is 6.14. The summed E-state index contributed by atoms with van der Waals surface area (Å²) in [7, 11) is 0. The van der Waals surface area contributed by atoms with Crippen LogP contribution in [0.1, 0.15) is 12.8 Å². The van der Waals surface area contributed by atoms with E-state index < -0.39 is 0 Å². The molecule has 5 nitrogen and oxygen atoms in total. The van der Waals surface area contributed by atoms with Crippen LogP contribution in [0, 0.1) is 5.92 Å². The zero-order valence-corrected chi connectivity index (χ0v) is 12.4. The third-order valence-electron chi connectivity index (χ3n) is 3.59. The molecule has 6 heteroatoms. The summed E-state index contributed by atoms with van der Waals surface area (Å²) in [5.74, 6) is 1.37. The summed E-state index contributed by atoms with van der Waals surface area (Å²) in [4.78, 5) is 12.8. The Balaban J connectivity index is 1.72. The number of nitrogens with one attached hydrogen (secondary N) is 1. The average molecular weight is 305 g/mol. The Morgan fingerprint density at radius 3 is 2.76 bits per heavy atom. The first kappa shape index (κ1) is 14.2. The van der Waals surface area contributed by atoms with Crippen molar-refractivity contribution < 1.29 is 4.74 Å². The van der Waals surface area contributed by atoms with E-state index in [1.165, 1.54) is 0 Å². The Labute approximate surface area is 128 Å². The molecule has 1 aliphatic rings. The van der Waals surface area contributed by atoms with Crippen LogP contribution in [0.2, 0.25) is 5.15 Å². The second-order valence-corrected chi connectivity index (χ2v) is 5.43. The Kier molecular flexibility index (Phi) is 4.62. The van der Waals surface area contributed by atoms with Gasteiger partial charge in [-0.2, -0.15) is 0 Å². The quantitative estimate of drug-likeness (QED) is 0.941. The zero-order valence-electron chi connectivity index (χ0n) is 11.6. The third kappa shape index (κ3) is 3.68. The molecule has 1 N–H and O–H groups in total. The van der Waals surface area contributed by atoms with Crippen LogP contribution >= 0.6 is 11.6 Å². The predicted octanol–water partition coefficient (Wildman–Crippen LogP) is 3.03. The highest BCUT2D eigenvalue weighted by atomic mass is 35.5. The lowest BCUT2D eigenvalue weighted by Gasteiger charge is -2.22.